The van der Waals surface area contributed by atoms with E-state index in [-0.39, 0.29) is 24.7 Å². The molecule has 6 heteroatoms. The zero-order valence-electron chi connectivity index (χ0n) is 8.11. The van der Waals surface area contributed by atoms with Crippen LogP contribution < -0.4 is 10.5 Å². The van der Waals surface area contributed by atoms with Crippen LogP contribution in [0.25, 0.3) is 0 Å². The summed E-state index contributed by atoms with van der Waals surface area (Å²) in [5.74, 6) is -0.543. The van der Waals surface area contributed by atoms with Crippen molar-refractivity contribution in [3.8, 4) is 0 Å². The number of sulfonamides is 1. The maximum absolute atomic E-state index is 12.5. The Hall–Kier alpha value is -0.980. The zero-order chi connectivity index (χ0) is 11.3. The van der Waals surface area contributed by atoms with E-state index in [1.807, 2.05) is 0 Å². The fraction of sp³-hybridized carbons (Fsp3) is 0.333. The lowest BCUT2D eigenvalue weighted by atomic mass is 10.2. The molecule has 3 N–H and O–H groups in total. The van der Waals surface area contributed by atoms with Crippen molar-refractivity contribution in [2.24, 2.45) is 5.73 Å². The second-order valence-electron chi connectivity index (χ2n) is 3.07. The first-order chi connectivity index (χ1) is 7.03. The fourth-order valence-electron chi connectivity index (χ4n) is 1.07. The Bertz CT molecular complexity index is 403. The van der Waals surface area contributed by atoms with E-state index in [1.165, 1.54) is 24.3 Å². The van der Waals surface area contributed by atoms with Crippen molar-refractivity contribution < 1.29 is 12.8 Å². The molecule has 0 heterocycles. The largest absolute Gasteiger partial charge is 0.329 e. The van der Waals surface area contributed by atoms with Gasteiger partial charge >= 0.3 is 0 Å². The first-order valence-electron chi connectivity index (χ1n) is 4.45. The Balaban J connectivity index is 2.65. The smallest absolute Gasteiger partial charge is 0.215 e. The molecule has 0 aliphatic carbocycles. The van der Waals surface area contributed by atoms with Crippen LogP contribution in [0.2, 0.25) is 0 Å². The molecule has 15 heavy (non-hydrogen) atoms. The molecule has 0 aliphatic heterocycles. The summed E-state index contributed by atoms with van der Waals surface area (Å²) in [7, 11) is -3.36. The van der Waals surface area contributed by atoms with Gasteiger partial charge in [-0.05, 0) is 17.7 Å². The minimum absolute atomic E-state index is 0.159. The van der Waals surface area contributed by atoms with Gasteiger partial charge in [-0.25, -0.2) is 17.5 Å². The van der Waals surface area contributed by atoms with Crippen LogP contribution in [0.15, 0.2) is 24.3 Å². The minimum Gasteiger partial charge on any atom is -0.329 e. The van der Waals surface area contributed by atoms with Crippen molar-refractivity contribution in [2.75, 3.05) is 13.1 Å². The highest BCUT2D eigenvalue weighted by Gasteiger charge is 2.09. The highest BCUT2D eigenvalue weighted by molar-refractivity contribution is 7.88. The Morgan fingerprint density at radius 3 is 2.40 bits per heavy atom. The first kappa shape index (κ1) is 12.1. The Kier molecular flexibility index (Phi) is 4.19. The van der Waals surface area contributed by atoms with Gasteiger partial charge in [-0.1, -0.05) is 12.1 Å². The van der Waals surface area contributed by atoms with Gasteiger partial charge in [0.2, 0.25) is 10.0 Å². The van der Waals surface area contributed by atoms with Crippen molar-refractivity contribution in [2.45, 2.75) is 5.75 Å². The Morgan fingerprint density at radius 1 is 1.27 bits per heavy atom. The fourth-order valence-corrected chi connectivity index (χ4v) is 2.23. The predicted octanol–water partition coefficient (Wildman–Crippen LogP) is 0.204. The second kappa shape index (κ2) is 5.20. The predicted molar refractivity (Wildman–Crippen MR) is 56.1 cm³/mol. The summed E-state index contributed by atoms with van der Waals surface area (Å²) in [5, 5.41) is 0. The van der Waals surface area contributed by atoms with Gasteiger partial charge in [-0.15, -0.1) is 0 Å². The minimum atomic E-state index is -3.36. The summed E-state index contributed by atoms with van der Waals surface area (Å²) >= 11 is 0. The number of hydrogen-bond acceptors (Lipinski definition) is 3. The van der Waals surface area contributed by atoms with E-state index in [1.54, 1.807) is 0 Å². The number of rotatable bonds is 5. The molecule has 1 aromatic rings. The van der Waals surface area contributed by atoms with Gasteiger partial charge in [0.25, 0.3) is 0 Å². The topological polar surface area (TPSA) is 72.2 Å². The lowest BCUT2D eigenvalue weighted by Crippen LogP contribution is -2.30. The van der Waals surface area contributed by atoms with Crippen LogP contribution in [0.3, 0.4) is 0 Å². The van der Waals surface area contributed by atoms with Crippen molar-refractivity contribution in [1.82, 2.24) is 4.72 Å². The summed E-state index contributed by atoms with van der Waals surface area (Å²) in [6.07, 6.45) is 0. The average Bonchev–Trinajstić information content (AvgIpc) is 2.18. The van der Waals surface area contributed by atoms with E-state index in [4.69, 9.17) is 5.73 Å². The molecule has 0 aromatic heterocycles. The lowest BCUT2D eigenvalue weighted by Gasteiger charge is -2.05. The molecule has 0 saturated carbocycles. The molecule has 0 amide bonds. The van der Waals surface area contributed by atoms with E-state index in [9.17, 15) is 12.8 Å². The van der Waals surface area contributed by atoms with Crippen LogP contribution >= 0.6 is 0 Å². The van der Waals surface area contributed by atoms with E-state index in [0.29, 0.717) is 5.56 Å². The second-order valence-corrected chi connectivity index (χ2v) is 4.88. The third kappa shape index (κ3) is 4.37. The summed E-state index contributed by atoms with van der Waals surface area (Å²) in [6.45, 7) is 0.464. The molecule has 0 aliphatic rings. The third-order valence-electron chi connectivity index (χ3n) is 1.74. The van der Waals surface area contributed by atoms with Gasteiger partial charge in [-0.2, -0.15) is 0 Å². The lowest BCUT2D eigenvalue weighted by molar-refractivity contribution is 0.581. The van der Waals surface area contributed by atoms with Crippen molar-refractivity contribution >= 4 is 10.0 Å². The molecular weight excluding hydrogens is 219 g/mol. The van der Waals surface area contributed by atoms with Gasteiger partial charge in [0.15, 0.2) is 0 Å². The van der Waals surface area contributed by atoms with Crippen LogP contribution in [0.5, 0.6) is 0 Å². The molecule has 1 rings (SSSR count). The Morgan fingerprint density at radius 2 is 1.87 bits per heavy atom. The molecule has 4 nitrogen and oxygen atoms in total. The van der Waals surface area contributed by atoms with E-state index >= 15 is 0 Å². The van der Waals surface area contributed by atoms with Gasteiger partial charge in [0, 0.05) is 13.1 Å². The summed E-state index contributed by atoms with van der Waals surface area (Å²) in [4.78, 5) is 0. The summed E-state index contributed by atoms with van der Waals surface area (Å²) < 4.78 is 37.6. The maximum Gasteiger partial charge on any atom is 0.215 e. The van der Waals surface area contributed by atoms with Crippen molar-refractivity contribution in [3.05, 3.63) is 35.6 Å². The number of nitrogens with one attached hydrogen (secondary N) is 1. The molecule has 1 aromatic carbocycles. The van der Waals surface area contributed by atoms with E-state index in [0.717, 1.165) is 0 Å². The van der Waals surface area contributed by atoms with Crippen LogP contribution in [0.4, 0.5) is 4.39 Å². The highest BCUT2D eigenvalue weighted by Crippen LogP contribution is 2.06. The monoisotopic (exact) mass is 232 g/mol. The molecule has 0 unspecified atom stereocenters. The van der Waals surface area contributed by atoms with Crippen molar-refractivity contribution in [1.29, 1.82) is 0 Å². The Labute approximate surface area is 88.3 Å². The van der Waals surface area contributed by atoms with Gasteiger partial charge in [0.05, 0.1) is 5.75 Å². The number of hydrogen-bond donors (Lipinski definition) is 2. The average molecular weight is 232 g/mol. The highest BCUT2D eigenvalue weighted by atomic mass is 32.2. The molecule has 84 valence electrons. The third-order valence-corrected chi connectivity index (χ3v) is 3.09. The summed E-state index contributed by atoms with van der Waals surface area (Å²) in [5.41, 5.74) is 5.71. The molecule has 0 radical (unpaired) electrons. The number of benzene rings is 1. The number of halogens is 1. The maximum atomic E-state index is 12.5. The quantitative estimate of drug-likeness (QED) is 0.762. The molecule has 0 spiro atoms. The zero-order valence-corrected chi connectivity index (χ0v) is 8.93. The SMILES string of the molecule is NCCNS(=O)(=O)Cc1ccc(F)cc1. The van der Waals surface area contributed by atoms with Crippen LogP contribution in [-0.4, -0.2) is 21.5 Å². The standard InChI is InChI=1S/C9H13FN2O2S/c10-9-3-1-8(2-4-9)7-15(13,14)12-6-5-11/h1-4,12H,5-7,11H2. The molecule has 0 saturated heterocycles. The molecule has 0 bridgehead atoms. The first-order valence-corrected chi connectivity index (χ1v) is 6.10. The number of nitrogens with two attached hydrogens (primary N) is 1. The van der Waals surface area contributed by atoms with Crippen molar-refractivity contribution in [3.63, 3.8) is 0 Å². The van der Waals surface area contributed by atoms with Gasteiger partial charge in [0.1, 0.15) is 5.82 Å². The van der Waals surface area contributed by atoms with E-state index < -0.39 is 10.0 Å². The van der Waals surface area contributed by atoms with Gasteiger partial charge in [-0.3, -0.25) is 0 Å². The van der Waals surface area contributed by atoms with Crippen LogP contribution in [0, 0.1) is 5.82 Å². The van der Waals surface area contributed by atoms with E-state index in [2.05, 4.69) is 4.72 Å². The molecule has 0 atom stereocenters. The molecular formula is C9H13FN2O2S. The normalized spacial score (nSPS) is 11.6. The van der Waals surface area contributed by atoms with Crippen LogP contribution in [-0.2, 0) is 15.8 Å². The van der Waals surface area contributed by atoms with Gasteiger partial charge < -0.3 is 5.73 Å². The van der Waals surface area contributed by atoms with Crippen LogP contribution in [0.1, 0.15) is 5.56 Å². The molecule has 0 fully saturated rings. The summed E-state index contributed by atoms with van der Waals surface area (Å²) in [6, 6.07) is 5.34.